The highest BCUT2D eigenvalue weighted by molar-refractivity contribution is 9.10. The summed E-state index contributed by atoms with van der Waals surface area (Å²) in [6.45, 7) is 6.77. The number of rotatable bonds is 12. The molecule has 0 radical (unpaired) electrons. The Kier molecular flexibility index (Phi) is 9.67. The number of aromatic nitrogens is 3. The Balaban J connectivity index is 1.33. The van der Waals surface area contributed by atoms with Gasteiger partial charge in [-0.2, -0.15) is 9.19 Å². The maximum Gasteiger partial charge on any atom is 0.258 e. The van der Waals surface area contributed by atoms with Crippen molar-refractivity contribution in [2.24, 2.45) is 0 Å². The van der Waals surface area contributed by atoms with Crippen LogP contribution in [0.1, 0.15) is 23.1 Å². The van der Waals surface area contributed by atoms with Gasteiger partial charge in [0.25, 0.3) is 10.0 Å². The zero-order valence-electron chi connectivity index (χ0n) is 25.2. The number of halogens is 1. The van der Waals surface area contributed by atoms with Crippen LogP contribution in [0.4, 0.5) is 11.5 Å². The number of pyridine rings is 1. The van der Waals surface area contributed by atoms with Gasteiger partial charge in [-0.3, -0.25) is 0 Å². The van der Waals surface area contributed by atoms with Crippen molar-refractivity contribution in [2.75, 3.05) is 49.2 Å². The maximum atomic E-state index is 13.7. The van der Waals surface area contributed by atoms with Gasteiger partial charge < -0.3 is 24.6 Å². The van der Waals surface area contributed by atoms with Gasteiger partial charge in [0.05, 0.1) is 30.9 Å². The molecule has 2 aliphatic heterocycles. The molecule has 1 saturated heterocycles. The SMILES string of the molecule is Cc1ccnc(N2CCNCC2)c1N1C=c2c(cnn2S(=O)(=O)Cc2ccccc2)=CC1(Br)OCCCOCc1ccccc1. The van der Waals surface area contributed by atoms with Crippen LogP contribution in [-0.4, -0.2) is 66.6 Å². The monoisotopic (exact) mass is 692 g/mol. The number of hydrogen-bond donors (Lipinski definition) is 1. The smallest absolute Gasteiger partial charge is 0.258 e. The summed E-state index contributed by atoms with van der Waals surface area (Å²) < 4.78 is 39.8. The molecule has 1 N–H and O–H groups in total. The van der Waals surface area contributed by atoms with Crippen LogP contribution in [0.3, 0.4) is 0 Å². The highest BCUT2D eigenvalue weighted by Gasteiger charge is 2.38. The molecule has 6 rings (SSSR count). The summed E-state index contributed by atoms with van der Waals surface area (Å²) in [6.07, 6.45) is 7.73. The Labute approximate surface area is 272 Å². The lowest BCUT2D eigenvalue weighted by atomic mass is 10.1. The second-order valence-corrected chi connectivity index (χ2v) is 14.0. The molecule has 0 saturated carbocycles. The Morgan fingerprint density at radius 3 is 2.42 bits per heavy atom. The van der Waals surface area contributed by atoms with Crippen molar-refractivity contribution in [1.82, 2.24) is 19.5 Å². The fraction of sp³-hybridized carbons (Fsp3) is 0.333. The van der Waals surface area contributed by atoms with E-state index in [9.17, 15) is 8.42 Å². The number of benzene rings is 2. The molecule has 1 unspecified atom stereocenters. The fourth-order valence-electron chi connectivity index (χ4n) is 5.54. The van der Waals surface area contributed by atoms with Crippen molar-refractivity contribution in [1.29, 1.82) is 0 Å². The Hall–Kier alpha value is -3.55. The topological polar surface area (TPSA) is 102 Å². The summed E-state index contributed by atoms with van der Waals surface area (Å²) in [5, 5.41) is 8.85. The van der Waals surface area contributed by atoms with Crippen molar-refractivity contribution in [3.63, 3.8) is 0 Å². The van der Waals surface area contributed by atoms with Gasteiger partial charge in [-0.05, 0) is 58.1 Å². The summed E-state index contributed by atoms with van der Waals surface area (Å²) in [5.41, 5.74) is 3.61. The largest absolute Gasteiger partial charge is 0.377 e. The van der Waals surface area contributed by atoms with E-state index in [1.165, 1.54) is 0 Å². The van der Waals surface area contributed by atoms with Crippen LogP contribution >= 0.6 is 15.9 Å². The van der Waals surface area contributed by atoms with E-state index in [1.54, 1.807) is 24.5 Å². The number of piperazine rings is 1. The number of fused-ring (bicyclic) bond motifs is 1. The lowest BCUT2D eigenvalue weighted by molar-refractivity contribution is 0.0484. The molecule has 236 valence electrons. The van der Waals surface area contributed by atoms with Gasteiger partial charge in [0, 0.05) is 50.4 Å². The molecule has 4 aromatic rings. The normalized spacial score (nSPS) is 18.3. The first-order chi connectivity index (χ1) is 21.8. The predicted molar refractivity (Wildman–Crippen MR) is 180 cm³/mol. The molecule has 1 fully saturated rings. The standard InChI is InChI=1S/C33H37BrN6O4S/c1-26-13-14-36-32(38-17-15-35-16-18-38)31(26)39-23-30-29(22-37-40(30)45(41,42)25-28-11-6-3-7-12-28)21-33(39,34)44-20-8-19-43-24-27-9-4-2-5-10-27/h2-7,9-14,21-23,35H,8,15-20,24-25H2,1H3. The number of anilines is 2. The first-order valence-corrected chi connectivity index (χ1v) is 17.5. The van der Waals surface area contributed by atoms with E-state index in [0.717, 1.165) is 52.9 Å². The van der Waals surface area contributed by atoms with Crippen LogP contribution < -0.4 is 25.7 Å². The Bertz CT molecular complexity index is 1830. The molecule has 10 nitrogen and oxygen atoms in total. The quantitative estimate of drug-likeness (QED) is 0.136. The molecule has 4 heterocycles. The molecule has 45 heavy (non-hydrogen) atoms. The number of alkyl halides is 1. The second-order valence-electron chi connectivity index (χ2n) is 11.1. The van der Waals surface area contributed by atoms with E-state index < -0.39 is 14.7 Å². The number of hydrogen-bond acceptors (Lipinski definition) is 9. The van der Waals surface area contributed by atoms with Gasteiger partial charge in [0.15, 0.2) is 5.82 Å². The third-order valence-electron chi connectivity index (χ3n) is 7.79. The lowest BCUT2D eigenvalue weighted by Gasteiger charge is -2.41. The molecule has 0 bridgehead atoms. The van der Waals surface area contributed by atoms with Crippen LogP contribution in [0.25, 0.3) is 12.3 Å². The minimum atomic E-state index is -3.82. The minimum Gasteiger partial charge on any atom is -0.377 e. The number of ether oxygens (including phenoxy) is 2. The van der Waals surface area contributed by atoms with Gasteiger partial charge in [0.2, 0.25) is 4.63 Å². The lowest BCUT2D eigenvalue weighted by Crippen LogP contribution is -2.52. The molecular weight excluding hydrogens is 656 g/mol. The van der Waals surface area contributed by atoms with Crippen LogP contribution in [0, 0.1) is 6.92 Å². The minimum absolute atomic E-state index is 0.174. The van der Waals surface area contributed by atoms with Crippen molar-refractivity contribution in [3.8, 4) is 0 Å². The summed E-state index contributed by atoms with van der Waals surface area (Å²) >= 11 is 3.91. The van der Waals surface area contributed by atoms with Crippen molar-refractivity contribution in [3.05, 3.63) is 106 Å². The van der Waals surface area contributed by atoms with Crippen LogP contribution in [0.5, 0.6) is 0 Å². The van der Waals surface area contributed by atoms with Gasteiger partial charge in [0.1, 0.15) is 5.35 Å². The number of nitrogens with zero attached hydrogens (tertiary/aromatic N) is 5. The molecule has 2 aromatic carbocycles. The molecule has 0 aliphatic carbocycles. The van der Waals surface area contributed by atoms with Gasteiger partial charge in [-0.15, -0.1) is 0 Å². The summed E-state index contributed by atoms with van der Waals surface area (Å²) in [6, 6.07) is 21.2. The summed E-state index contributed by atoms with van der Waals surface area (Å²) in [4.78, 5) is 9.00. The third kappa shape index (κ3) is 7.15. The van der Waals surface area contributed by atoms with E-state index in [1.807, 2.05) is 78.7 Å². The zero-order valence-corrected chi connectivity index (χ0v) is 27.6. The average molecular weight is 694 g/mol. The van der Waals surface area contributed by atoms with E-state index in [4.69, 9.17) is 14.5 Å². The molecule has 2 aromatic heterocycles. The first kappa shape index (κ1) is 31.4. The summed E-state index contributed by atoms with van der Waals surface area (Å²) in [5.74, 6) is 0.633. The van der Waals surface area contributed by atoms with E-state index in [-0.39, 0.29) is 5.75 Å². The Morgan fingerprint density at radius 2 is 1.69 bits per heavy atom. The third-order valence-corrected chi connectivity index (χ3v) is 10.1. The molecule has 2 aliphatic rings. The molecule has 0 spiro atoms. The van der Waals surface area contributed by atoms with Crippen molar-refractivity contribution >= 4 is 49.7 Å². The molecule has 1 atom stereocenters. The highest BCUT2D eigenvalue weighted by atomic mass is 79.9. The summed E-state index contributed by atoms with van der Waals surface area (Å²) in [7, 11) is -3.82. The maximum absolute atomic E-state index is 13.7. The first-order valence-electron chi connectivity index (χ1n) is 15.1. The van der Waals surface area contributed by atoms with Crippen molar-refractivity contribution in [2.45, 2.75) is 30.3 Å². The fourth-order valence-corrected chi connectivity index (χ4v) is 7.61. The van der Waals surface area contributed by atoms with Crippen LogP contribution in [0.15, 0.2) is 79.1 Å². The van der Waals surface area contributed by atoms with E-state index in [0.29, 0.717) is 42.4 Å². The Morgan fingerprint density at radius 1 is 0.978 bits per heavy atom. The predicted octanol–water partition coefficient (Wildman–Crippen LogP) is 3.09. The van der Waals surface area contributed by atoms with Crippen LogP contribution in [-0.2, 0) is 31.9 Å². The van der Waals surface area contributed by atoms with E-state index >= 15 is 0 Å². The molecule has 12 heteroatoms. The molecule has 0 amide bonds. The van der Waals surface area contributed by atoms with E-state index in [2.05, 4.69) is 31.2 Å². The number of aryl methyl sites for hydroxylation is 1. The molecular formula is C33H37BrN6O4S. The number of nitrogens with one attached hydrogen (secondary N) is 1. The van der Waals surface area contributed by atoms with Crippen molar-refractivity contribution < 1.29 is 17.9 Å². The second kappa shape index (κ2) is 13.8. The van der Waals surface area contributed by atoms with Gasteiger partial charge in [-0.25, -0.2) is 13.4 Å². The zero-order chi connectivity index (χ0) is 31.3. The van der Waals surface area contributed by atoms with Gasteiger partial charge in [-0.1, -0.05) is 60.7 Å². The average Bonchev–Trinajstić information content (AvgIpc) is 3.47. The van der Waals surface area contributed by atoms with Crippen LogP contribution in [0.2, 0.25) is 0 Å². The van der Waals surface area contributed by atoms with Gasteiger partial charge >= 0.3 is 0 Å². The highest BCUT2D eigenvalue weighted by Crippen LogP contribution is 2.40.